The van der Waals surface area contributed by atoms with Gasteiger partial charge >= 0.3 is 5.97 Å². The van der Waals surface area contributed by atoms with Crippen molar-refractivity contribution >= 4 is 28.7 Å². The van der Waals surface area contributed by atoms with E-state index in [0.717, 1.165) is 5.39 Å². The maximum atomic E-state index is 13.3. The number of ketones is 1. The first-order chi connectivity index (χ1) is 18.0. The van der Waals surface area contributed by atoms with Crippen LogP contribution in [0.5, 0.6) is 23.0 Å². The van der Waals surface area contributed by atoms with Crippen LogP contribution < -0.4 is 24.5 Å². The summed E-state index contributed by atoms with van der Waals surface area (Å²) in [4.78, 5) is 41.8. The number of carbonyl (C=O) groups is 2. The summed E-state index contributed by atoms with van der Waals surface area (Å²) in [5, 5.41) is 0.830. The highest BCUT2D eigenvalue weighted by molar-refractivity contribution is 6.15. The molecule has 1 atom stereocenters. The topological polar surface area (TPSA) is 104 Å². The van der Waals surface area contributed by atoms with Crippen molar-refractivity contribution in [1.82, 2.24) is 4.98 Å². The molecule has 0 saturated carbocycles. The fourth-order valence-corrected chi connectivity index (χ4v) is 4.89. The average molecular weight is 495 g/mol. The number of fused-ring (bicyclic) bond motifs is 4. The molecule has 6 rings (SSSR count). The SMILES string of the molecule is COc1ccc(/C=C2\Oc3c(ccc4c3C(c3cc5ccccc5[nH]c3=O)CC(=O)O4)C2=O)cc1OC. The van der Waals surface area contributed by atoms with Crippen LogP contribution >= 0.6 is 0 Å². The molecule has 1 aromatic heterocycles. The minimum Gasteiger partial charge on any atom is -0.493 e. The summed E-state index contributed by atoms with van der Waals surface area (Å²) in [7, 11) is 3.08. The number of aromatic nitrogens is 1. The molecule has 0 aliphatic carbocycles. The number of nitrogens with one attached hydrogen (secondary N) is 1. The molecule has 3 aromatic carbocycles. The third-order valence-corrected chi connectivity index (χ3v) is 6.64. The van der Waals surface area contributed by atoms with E-state index in [4.69, 9.17) is 18.9 Å². The quantitative estimate of drug-likeness (QED) is 0.251. The lowest BCUT2D eigenvalue weighted by atomic mass is 9.85. The third kappa shape index (κ3) is 3.74. The summed E-state index contributed by atoms with van der Waals surface area (Å²) in [6.07, 6.45) is 1.56. The monoisotopic (exact) mass is 495 g/mol. The molecule has 0 spiro atoms. The van der Waals surface area contributed by atoms with E-state index < -0.39 is 11.9 Å². The summed E-state index contributed by atoms with van der Waals surface area (Å²) < 4.78 is 22.2. The highest BCUT2D eigenvalue weighted by Gasteiger charge is 2.39. The summed E-state index contributed by atoms with van der Waals surface area (Å²) in [6, 6.07) is 17.6. The van der Waals surface area contributed by atoms with Gasteiger partial charge in [-0.1, -0.05) is 24.3 Å². The fraction of sp³-hybridized carbons (Fsp3) is 0.138. The highest BCUT2D eigenvalue weighted by atomic mass is 16.5. The van der Waals surface area contributed by atoms with E-state index in [2.05, 4.69) is 4.98 Å². The molecule has 1 unspecified atom stereocenters. The van der Waals surface area contributed by atoms with Crippen LogP contribution in [0.4, 0.5) is 0 Å². The average Bonchev–Trinajstić information content (AvgIpc) is 3.22. The van der Waals surface area contributed by atoms with Gasteiger partial charge in [0.05, 0.1) is 26.2 Å². The molecule has 0 fully saturated rings. The van der Waals surface area contributed by atoms with Gasteiger partial charge in [0, 0.05) is 22.6 Å². The molecule has 3 heterocycles. The molecule has 0 bridgehead atoms. The van der Waals surface area contributed by atoms with Crippen LogP contribution in [0.15, 0.2) is 71.2 Å². The molecule has 4 aromatic rings. The van der Waals surface area contributed by atoms with Crippen LogP contribution in [0.1, 0.15) is 39.4 Å². The Bertz CT molecular complexity index is 1700. The summed E-state index contributed by atoms with van der Waals surface area (Å²) >= 11 is 0. The van der Waals surface area contributed by atoms with Gasteiger partial charge in [-0.05, 0) is 53.4 Å². The number of benzene rings is 3. The summed E-state index contributed by atoms with van der Waals surface area (Å²) in [5.74, 6) is 0.329. The van der Waals surface area contributed by atoms with Crippen LogP contribution in [-0.4, -0.2) is 31.0 Å². The molecule has 0 amide bonds. The number of hydrogen-bond donors (Lipinski definition) is 1. The van der Waals surface area contributed by atoms with Gasteiger partial charge in [-0.3, -0.25) is 14.4 Å². The molecule has 37 heavy (non-hydrogen) atoms. The van der Waals surface area contributed by atoms with Gasteiger partial charge in [-0.25, -0.2) is 0 Å². The lowest BCUT2D eigenvalue weighted by Crippen LogP contribution is -2.26. The maximum absolute atomic E-state index is 13.3. The van der Waals surface area contributed by atoms with E-state index in [9.17, 15) is 14.4 Å². The zero-order valence-corrected chi connectivity index (χ0v) is 20.0. The predicted octanol–water partition coefficient (Wildman–Crippen LogP) is 4.60. The van der Waals surface area contributed by atoms with Crippen molar-refractivity contribution in [2.75, 3.05) is 14.2 Å². The summed E-state index contributed by atoms with van der Waals surface area (Å²) in [5.41, 5.74) is 2.30. The van der Waals surface area contributed by atoms with E-state index in [0.29, 0.717) is 45.0 Å². The van der Waals surface area contributed by atoms with Gasteiger partial charge in [-0.2, -0.15) is 0 Å². The molecular weight excluding hydrogens is 474 g/mol. The van der Waals surface area contributed by atoms with Crippen molar-refractivity contribution in [3.63, 3.8) is 0 Å². The Hall–Kier alpha value is -4.85. The molecule has 0 saturated heterocycles. The van der Waals surface area contributed by atoms with Gasteiger partial charge in [0.1, 0.15) is 11.5 Å². The van der Waals surface area contributed by atoms with E-state index >= 15 is 0 Å². The fourth-order valence-electron chi connectivity index (χ4n) is 4.89. The number of pyridine rings is 1. The normalized spacial score (nSPS) is 17.2. The maximum Gasteiger partial charge on any atom is 0.312 e. The van der Waals surface area contributed by atoms with E-state index in [1.165, 1.54) is 7.11 Å². The Labute approximate surface area is 211 Å². The number of methoxy groups -OCH3 is 2. The minimum atomic E-state index is -0.646. The highest BCUT2D eigenvalue weighted by Crippen LogP contribution is 2.48. The van der Waals surface area contributed by atoms with Gasteiger partial charge in [-0.15, -0.1) is 0 Å². The number of hydrogen-bond acceptors (Lipinski definition) is 7. The number of esters is 1. The molecule has 2 aliphatic rings. The number of Topliss-reactive ketones (excluding diaryl/α,β-unsaturated/α-hetero) is 1. The van der Waals surface area contributed by atoms with Crippen molar-refractivity contribution in [2.45, 2.75) is 12.3 Å². The van der Waals surface area contributed by atoms with Crippen molar-refractivity contribution in [3.8, 4) is 23.0 Å². The second kappa shape index (κ2) is 8.67. The number of carbonyl (C=O) groups excluding carboxylic acids is 2. The second-order valence-electron chi connectivity index (χ2n) is 8.78. The molecule has 2 aliphatic heterocycles. The van der Waals surface area contributed by atoms with Gasteiger partial charge in [0.2, 0.25) is 5.78 Å². The van der Waals surface area contributed by atoms with E-state index in [1.54, 1.807) is 49.6 Å². The molecule has 8 nitrogen and oxygen atoms in total. The largest absolute Gasteiger partial charge is 0.493 e. The number of rotatable bonds is 4. The third-order valence-electron chi connectivity index (χ3n) is 6.64. The molecule has 8 heteroatoms. The van der Waals surface area contributed by atoms with Crippen LogP contribution in [-0.2, 0) is 4.79 Å². The predicted molar refractivity (Wildman–Crippen MR) is 136 cm³/mol. The van der Waals surface area contributed by atoms with Crippen molar-refractivity contribution < 1.29 is 28.5 Å². The number of H-pyrrole nitrogens is 1. The molecule has 1 N–H and O–H groups in total. The number of aromatic amines is 1. The smallest absolute Gasteiger partial charge is 0.312 e. The van der Waals surface area contributed by atoms with Crippen molar-refractivity contribution in [2.24, 2.45) is 0 Å². The number of allylic oxidation sites excluding steroid dienone is 1. The summed E-state index contributed by atoms with van der Waals surface area (Å²) in [6.45, 7) is 0. The van der Waals surface area contributed by atoms with Crippen molar-refractivity contribution in [1.29, 1.82) is 0 Å². The Morgan fingerprint density at radius 2 is 1.73 bits per heavy atom. The Balaban J connectivity index is 1.46. The minimum absolute atomic E-state index is 0.0584. The van der Waals surface area contributed by atoms with Crippen LogP contribution in [0, 0.1) is 0 Å². The van der Waals surface area contributed by atoms with E-state index in [-0.39, 0.29) is 29.3 Å². The Kier molecular flexibility index (Phi) is 5.30. The lowest BCUT2D eigenvalue weighted by Gasteiger charge is -2.26. The van der Waals surface area contributed by atoms with Gasteiger partial charge in [0.15, 0.2) is 17.3 Å². The first kappa shape index (κ1) is 22.6. The zero-order valence-electron chi connectivity index (χ0n) is 20.0. The molecular formula is C29H21NO7. The second-order valence-corrected chi connectivity index (χ2v) is 8.78. The number of para-hydroxylation sites is 1. The number of ether oxygens (including phenoxy) is 4. The van der Waals surface area contributed by atoms with Crippen LogP contribution in [0.25, 0.3) is 17.0 Å². The Morgan fingerprint density at radius 3 is 2.54 bits per heavy atom. The van der Waals surface area contributed by atoms with Gasteiger partial charge < -0.3 is 23.9 Å². The van der Waals surface area contributed by atoms with Crippen LogP contribution in [0.2, 0.25) is 0 Å². The van der Waals surface area contributed by atoms with Gasteiger partial charge in [0.25, 0.3) is 5.56 Å². The standard InChI is InChI=1S/C29H21NO7/c1-34-21-9-7-15(11-23(21)35-2)12-24-27(32)17-8-10-22-26(28(17)37-24)18(14-25(31)36-22)19-13-16-5-3-4-6-20(16)30-29(19)33/h3-13,18H,14H2,1-2H3,(H,30,33)/b24-12-. The first-order valence-corrected chi connectivity index (χ1v) is 11.6. The molecule has 184 valence electrons. The van der Waals surface area contributed by atoms with Crippen molar-refractivity contribution in [3.05, 3.63) is 99.0 Å². The lowest BCUT2D eigenvalue weighted by molar-refractivity contribution is -0.135. The zero-order chi connectivity index (χ0) is 25.7. The first-order valence-electron chi connectivity index (χ1n) is 11.6. The molecule has 0 radical (unpaired) electrons. The van der Waals surface area contributed by atoms with E-state index in [1.807, 2.05) is 24.3 Å². The van der Waals surface area contributed by atoms with Crippen LogP contribution in [0.3, 0.4) is 0 Å². The Morgan fingerprint density at radius 1 is 0.919 bits per heavy atom.